The monoisotopic (exact) mass is 727 g/mol. The number of aryl methyl sites for hydroxylation is 2. The molecule has 0 bridgehead atoms. The zero-order valence-electron chi connectivity index (χ0n) is 30.4. The first kappa shape index (κ1) is 35.3. The van der Waals surface area contributed by atoms with Crippen LogP contribution in [0.25, 0.3) is 11.1 Å². The summed E-state index contributed by atoms with van der Waals surface area (Å²) in [4.78, 5) is 30.1. The summed E-state index contributed by atoms with van der Waals surface area (Å²) in [5.41, 5.74) is 6.48. The highest BCUT2D eigenvalue weighted by Gasteiger charge is 2.35. The second kappa shape index (κ2) is 14.6. The minimum Gasteiger partial charge on any atom is -0.478 e. The number of alkyl halides is 2. The standard InChI is InChI=1S/C40H47F2N7O4/c1-25(50)47-19-15-36-35(24-47)39(48-16-3-4-27-20-33(28-22-43-45(2)23-28)34(38(41)42)21-37(27)48)44-49(36)30-9-11-31(12-10-30)53-32-13-17-46(18-14-32)29-7-5-26(6-8-29)40(51)52/h5-8,20-23,30-32,38H,3-4,9-19,24H2,1-2H3,(H,51,52). The first-order valence-corrected chi connectivity index (χ1v) is 18.9. The number of nitrogens with zero attached hydrogens (tertiary/aromatic N) is 7. The molecule has 2 aromatic carbocycles. The molecule has 2 fully saturated rings. The van der Waals surface area contributed by atoms with Crippen LogP contribution in [0.5, 0.6) is 0 Å². The van der Waals surface area contributed by atoms with Crippen molar-refractivity contribution in [2.24, 2.45) is 7.05 Å². The van der Waals surface area contributed by atoms with Gasteiger partial charge < -0.3 is 24.5 Å². The molecule has 0 atom stereocenters. The van der Waals surface area contributed by atoms with Crippen molar-refractivity contribution in [2.45, 2.75) is 95.9 Å². The van der Waals surface area contributed by atoms with E-state index in [4.69, 9.17) is 9.84 Å². The summed E-state index contributed by atoms with van der Waals surface area (Å²) in [6, 6.07) is 10.8. The van der Waals surface area contributed by atoms with Gasteiger partial charge in [-0.25, -0.2) is 13.6 Å². The number of hydrogen-bond acceptors (Lipinski definition) is 7. The first-order chi connectivity index (χ1) is 25.6. The summed E-state index contributed by atoms with van der Waals surface area (Å²) < 4.78 is 39.8. The SMILES string of the molecule is CC(=O)N1CCc2c(c(N3CCCc4cc(-c5cnn(C)c5)c(C(F)F)cc43)nn2C2CCC(OC3CCN(c4ccc(C(=O)O)cc4)CC3)CC2)C1. The highest BCUT2D eigenvalue weighted by atomic mass is 19.3. The number of carboxylic acid groups (broad SMARTS) is 1. The lowest BCUT2D eigenvalue weighted by molar-refractivity contribution is -0.129. The molecule has 4 aliphatic rings. The lowest BCUT2D eigenvalue weighted by atomic mass is 9.92. The van der Waals surface area contributed by atoms with E-state index in [1.807, 2.05) is 23.1 Å². The molecule has 1 N–H and O–H groups in total. The molecule has 0 unspecified atom stereocenters. The number of rotatable bonds is 8. The summed E-state index contributed by atoms with van der Waals surface area (Å²) in [5.74, 6) is -0.113. The number of benzene rings is 2. The van der Waals surface area contributed by atoms with Gasteiger partial charge in [-0.15, -0.1) is 0 Å². The van der Waals surface area contributed by atoms with Gasteiger partial charge in [-0.05, 0) is 98.9 Å². The van der Waals surface area contributed by atoms with Crippen molar-refractivity contribution < 1.29 is 28.2 Å². The van der Waals surface area contributed by atoms with Crippen LogP contribution in [0.4, 0.5) is 26.0 Å². The quantitative estimate of drug-likeness (QED) is 0.205. The number of amides is 1. The van der Waals surface area contributed by atoms with E-state index in [1.165, 1.54) is 0 Å². The Labute approximate surface area is 308 Å². The van der Waals surface area contributed by atoms with Crippen LogP contribution in [-0.4, -0.2) is 79.8 Å². The molecule has 280 valence electrons. The van der Waals surface area contributed by atoms with E-state index in [0.29, 0.717) is 42.7 Å². The number of aromatic carboxylic acids is 1. The number of fused-ring (bicyclic) bond motifs is 2. The van der Waals surface area contributed by atoms with Gasteiger partial charge in [0.05, 0.1) is 36.6 Å². The van der Waals surface area contributed by atoms with Crippen molar-refractivity contribution in [2.75, 3.05) is 36.0 Å². The van der Waals surface area contributed by atoms with Gasteiger partial charge in [0.25, 0.3) is 6.43 Å². The molecule has 1 aliphatic carbocycles. The molecule has 1 saturated heterocycles. The van der Waals surface area contributed by atoms with E-state index >= 15 is 0 Å². The topological polar surface area (TPSA) is 109 Å². The van der Waals surface area contributed by atoms with E-state index < -0.39 is 12.4 Å². The third-order valence-electron chi connectivity index (χ3n) is 11.7. The summed E-state index contributed by atoms with van der Waals surface area (Å²) in [5, 5.41) is 18.8. The van der Waals surface area contributed by atoms with E-state index in [1.54, 1.807) is 49.2 Å². The van der Waals surface area contributed by atoms with Crippen molar-refractivity contribution in [3.05, 3.63) is 76.7 Å². The molecule has 13 heteroatoms. The number of ether oxygens (including phenoxy) is 1. The molecule has 8 rings (SSSR count). The molecular formula is C40H47F2N7O4. The van der Waals surface area contributed by atoms with E-state index in [2.05, 4.69) is 19.6 Å². The predicted octanol–water partition coefficient (Wildman–Crippen LogP) is 7.08. The highest BCUT2D eigenvalue weighted by Crippen LogP contribution is 2.44. The Hall–Kier alpha value is -4.78. The second-order valence-corrected chi connectivity index (χ2v) is 15.0. The molecule has 1 amide bonds. The van der Waals surface area contributed by atoms with E-state index in [0.717, 1.165) is 98.5 Å². The Balaban J connectivity index is 0.989. The van der Waals surface area contributed by atoms with Crippen molar-refractivity contribution in [3.8, 4) is 11.1 Å². The minimum atomic E-state index is -2.65. The number of carboxylic acids is 1. The molecule has 11 nitrogen and oxygen atoms in total. The zero-order chi connectivity index (χ0) is 36.8. The predicted molar refractivity (Wildman–Crippen MR) is 197 cm³/mol. The number of piperidine rings is 1. The maximum Gasteiger partial charge on any atom is 0.335 e. The molecule has 3 aliphatic heterocycles. The highest BCUT2D eigenvalue weighted by molar-refractivity contribution is 5.88. The summed E-state index contributed by atoms with van der Waals surface area (Å²) >= 11 is 0. The smallest absolute Gasteiger partial charge is 0.335 e. The molecule has 1 saturated carbocycles. The van der Waals surface area contributed by atoms with Gasteiger partial charge in [0.15, 0.2) is 5.82 Å². The van der Waals surface area contributed by atoms with Crippen LogP contribution < -0.4 is 9.80 Å². The van der Waals surface area contributed by atoms with Gasteiger partial charge in [-0.3, -0.25) is 14.2 Å². The van der Waals surface area contributed by atoms with Crippen LogP contribution in [0.15, 0.2) is 48.8 Å². The molecule has 53 heavy (non-hydrogen) atoms. The van der Waals surface area contributed by atoms with Crippen LogP contribution in [0, 0.1) is 0 Å². The van der Waals surface area contributed by atoms with Gasteiger partial charge in [-0.2, -0.15) is 10.2 Å². The fourth-order valence-electron chi connectivity index (χ4n) is 8.84. The van der Waals surface area contributed by atoms with Crippen LogP contribution in [-0.2, 0) is 36.0 Å². The zero-order valence-corrected chi connectivity index (χ0v) is 30.4. The number of aromatic nitrogens is 4. The van der Waals surface area contributed by atoms with Crippen LogP contribution in [0.2, 0.25) is 0 Å². The van der Waals surface area contributed by atoms with Crippen LogP contribution in [0.3, 0.4) is 0 Å². The Kier molecular flexibility index (Phi) is 9.69. The van der Waals surface area contributed by atoms with Gasteiger partial charge in [0.2, 0.25) is 5.91 Å². The molecule has 2 aromatic heterocycles. The van der Waals surface area contributed by atoms with E-state index in [9.17, 15) is 23.5 Å². The van der Waals surface area contributed by atoms with Crippen molar-refractivity contribution >= 4 is 29.1 Å². The largest absolute Gasteiger partial charge is 0.478 e. The van der Waals surface area contributed by atoms with Crippen LogP contribution >= 0.6 is 0 Å². The van der Waals surface area contributed by atoms with Crippen LogP contribution in [0.1, 0.15) is 97.1 Å². The molecule has 0 radical (unpaired) electrons. The van der Waals surface area contributed by atoms with Crippen molar-refractivity contribution in [1.82, 2.24) is 24.5 Å². The fraction of sp³-hybridized carbons (Fsp3) is 0.500. The Bertz CT molecular complexity index is 1980. The number of hydrogen-bond donors (Lipinski definition) is 1. The molecule has 0 spiro atoms. The maximum atomic E-state index is 14.6. The lowest BCUT2D eigenvalue weighted by Gasteiger charge is -2.37. The number of carbonyl (C=O) groups is 2. The summed E-state index contributed by atoms with van der Waals surface area (Å²) in [7, 11) is 1.79. The molecule has 5 heterocycles. The van der Waals surface area contributed by atoms with Gasteiger partial charge in [-0.1, -0.05) is 0 Å². The number of carbonyl (C=O) groups excluding carboxylic acids is 1. The van der Waals surface area contributed by atoms with Gasteiger partial charge in [0.1, 0.15) is 0 Å². The average molecular weight is 728 g/mol. The fourth-order valence-corrected chi connectivity index (χ4v) is 8.84. The minimum absolute atomic E-state index is 0.0132. The number of anilines is 3. The lowest BCUT2D eigenvalue weighted by Crippen LogP contribution is -2.39. The first-order valence-electron chi connectivity index (χ1n) is 18.9. The number of halogens is 2. The third-order valence-corrected chi connectivity index (χ3v) is 11.7. The van der Waals surface area contributed by atoms with Gasteiger partial charge >= 0.3 is 5.97 Å². The summed E-state index contributed by atoms with van der Waals surface area (Å²) in [6.07, 6.45) is 9.10. The Morgan fingerprint density at radius 2 is 1.68 bits per heavy atom. The Morgan fingerprint density at radius 3 is 2.34 bits per heavy atom. The normalized spacial score (nSPS) is 20.8. The molecule has 4 aromatic rings. The van der Waals surface area contributed by atoms with Gasteiger partial charge in [0, 0.05) is 86.5 Å². The summed E-state index contributed by atoms with van der Waals surface area (Å²) in [6.45, 7) is 5.10. The third kappa shape index (κ3) is 7.03. The van der Waals surface area contributed by atoms with Crippen molar-refractivity contribution in [3.63, 3.8) is 0 Å². The van der Waals surface area contributed by atoms with E-state index in [-0.39, 0.29) is 29.7 Å². The van der Waals surface area contributed by atoms with Crippen molar-refractivity contribution in [1.29, 1.82) is 0 Å². The second-order valence-electron chi connectivity index (χ2n) is 15.0. The maximum absolute atomic E-state index is 14.6. The Morgan fingerprint density at radius 1 is 0.943 bits per heavy atom. The molecular weight excluding hydrogens is 680 g/mol. The average Bonchev–Trinajstić information content (AvgIpc) is 3.78.